The molecule has 1 heterocycles. The van der Waals surface area contributed by atoms with E-state index in [0.717, 1.165) is 6.42 Å². The zero-order valence-corrected chi connectivity index (χ0v) is 7.97. The van der Waals surface area contributed by atoms with E-state index in [9.17, 15) is 4.79 Å². The lowest BCUT2D eigenvalue weighted by Gasteiger charge is -2.42. The second-order valence-corrected chi connectivity index (χ2v) is 3.92. The topological polar surface area (TPSA) is 63.1 Å². The highest BCUT2D eigenvalue weighted by atomic mass is 16.4. The van der Waals surface area contributed by atoms with Crippen molar-refractivity contribution >= 4 is 5.97 Å². The van der Waals surface area contributed by atoms with Gasteiger partial charge in [-0.2, -0.15) is 0 Å². The molecule has 0 spiro atoms. The third-order valence-corrected chi connectivity index (χ3v) is 3.11. The Morgan fingerprint density at radius 3 is 2.64 bits per heavy atom. The molecule has 2 rings (SSSR count). The van der Waals surface area contributed by atoms with Crippen molar-refractivity contribution in [2.75, 3.05) is 0 Å². The molecule has 1 aromatic heterocycles. The molecule has 0 bridgehead atoms. The van der Waals surface area contributed by atoms with Gasteiger partial charge in [0.1, 0.15) is 5.82 Å². The van der Waals surface area contributed by atoms with E-state index in [1.807, 2.05) is 0 Å². The molecule has 0 amide bonds. The minimum Gasteiger partial charge on any atom is -0.481 e. The Bertz CT molecular complexity index is 352. The Morgan fingerprint density at radius 1 is 1.57 bits per heavy atom. The Balaban J connectivity index is 2.26. The average molecular weight is 192 g/mol. The van der Waals surface area contributed by atoms with E-state index in [2.05, 4.69) is 9.97 Å². The molecule has 4 heteroatoms. The van der Waals surface area contributed by atoms with Crippen molar-refractivity contribution in [2.24, 2.45) is 5.41 Å². The fourth-order valence-electron chi connectivity index (χ4n) is 1.88. The fourth-order valence-corrected chi connectivity index (χ4v) is 1.88. The summed E-state index contributed by atoms with van der Waals surface area (Å²) in [6.45, 7) is 1.76. The molecule has 0 saturated heterocycles. The Morgan fingerprint density at radius 2 is 2.21 bits per heavy atom. The van der Waals surface area contributed by atoms with E-state index < -0.39 is 11.4 Å². The fraction of sp³-hybridized carbons (Fsp3) is 0.500. The summed E-state index contributed by atoms with van der Waals surface area (Å²) in [4.78, 5) is 19.2. The predicted octanol–water partition coefficient (Wildman–Crippen LogP) is 1.44. The van der Waals surface area contributed by atoms with Crippen LogP contribution in [-0.4, -0.2) is 21.0 Å². The van der Waals surface area contributed by atoms with Crippen LogP contribution in [0, 0.1) is 5.41 Å². The number of rotatable bonds is 2. The van der Waals surface area contributed by atoms with Crippen molar-refractivity contribution in [3.05, 3.63) is 24.3 Å². The first-order valence-electron chi connectivity index (χ1n) is 4.65. The molecule has 1 saturated carbocycles. The number of hydrogen-bond acceptors (Lipinski definition) is 3. The monoisotopic (exact) mass is 192 g/mol. The average Bonchev–Trinajstić information content (AvgIpc) is 2.16. The van der Waals surface area contributed by atoms with Crippen LogP contribution in [0.2, 0.25) is 0 Å². The van der Waals surface area contributed by atoms with Gasteiger partial charge in [0.25, 0.3) is 0 Å². The van der Waals surface area contributed by atoms with Gasteiger partial charge in [0.05, 0.1) is 5.41 Å². The van der Waals surface area contributed by atoms with Gasteiger partial charge in [-0.25, -0.2) is 9.97 Å². The van der Waals surface area contributed by atoms with Gasteiger partial charge in [0.15, 0.2) is 0 Å². The van der Waals surface area contributed by atoms with Crippen LogP contribution in [0.15, 0.2) is 18.5 Å². The van der Waals surface area contributed by atoms with Gasteiger partial charge in [0.2, 0.25) is 0 Å². The minimum absolute atomic E-state index is 0.0267. The van der Waals surface area contributed by atoms with Gasteiger partial charge in [-0.15, -0.1) is 0 Å². The third kappa shape index (κ3) is 1.18. The first kappa shape index (κ1) is 9.12. The first-order chi connectivity index (χ1) is 6.64. The summed E-state index contributed by atoms with van der Waals surface area (Å²) in [5, 5.41) is 9.07. The molecule has 1 N–H and O–H groups in total. The van der Waals surface area contributed by atoms with Crippen molar-refractivity contribution in [3.63, 3.8) is 0 Å². The zero-order chi connectivity index (χ0) is 10.2. The maximum Gasteiger partial charge on any atom is 0.310 e. The van der Waals surface area contributed by atoms with Crippen LogP contribution < -0.4 is 0 Å². The summed E-state index contributed by atoms with van der Waals surface area (Å²) >= 11 is 0. The molecule has 2 atom stereocenters. The molecule has 1 aromatic rings. The Labute approximate surface area is 82.0 Å². The highest BCUT2D eigenvalue weighted by Crippen LogP contribution is 2.51. The summed E-state index contributed by atoms with van der Waals surface area (Å²) in [5.41, 5.74) is -0.665. The molecule has 1 aliphatic rings. The van der Waals surface area contributed by atoms with E-state index >= 15 is 0 Å². The number of aromatic nitrogens is 2. The van der Waals surface area contributed by atoms with Crippen molar-refractivity contribution in [3.8, 4) is 0 Å². The molecule has 0 aliphatic heterocycles. The van der Waals surface area contributed by atoms with Gasteiger partial charge >= 0.3 is 5.97 Å². The Kier molecular flexibility index (Phi) is 1.98. The number of carbonyl (C=O) groups is 1. The van der Waals surface area contributed by atoms with Crippen molar-refractivity contribution in [1.82, 2.24) is 9.97 Å². The highest BCUT2D eigenvalue weighted by Gasteiger charge is 2.51. The molecular formula is C10H12N2O2. The van der Waals surface area contributed by atoms with E-state index in [4.69, 9.17) is 5.11 Å². The number of hydrogen-bond donors (Lipinski definition) is 1. The first-order valence-corrected chi connectivity index (χ1v) is 4.65. The number of carboxylic acids is 1. The molecule has 74 valence electrons. The van der Waals surface area contributed by atoms with Gasteiger partial charge in [-0.05, 0) is 25.8 Å². The van der Waals surface area contributed by atoms with Crippen molar-refractivity contribution in [1.29, 1.82) is 0 Å². The Hall–Kier alpha value is -1.45. The summed E-state index contributed by atoms with van der Waals surface area (Å²) in [6.07, 6.45) is 4.89. The zero-order valence-electron chi connectivity index (χ0n) is 7.97. The van der Waals surface area contributed by atoms with Crippen LogP contribution in [0.3, 0.4) is 0 Å². The van der Waals surface area contributed by atoms with Crippen LogP contribution in [0.5, 0.6) is 0 Å². The van der Waals surface area contributed by atoms with Crippen LogP contribution in [0.25, 0.3) is 0 Å². The van der Waals surface area contributed by atoms with Crippen molar-refractivity contribution < 1.29 is 9.90 Å². The summed E-state index contributed by atoms with van der Waals surface area (Å²) < 4.78 is 0. The summed E-state index contributed by atoms with van der Waals surface area (Å²) in [6, 6.07) is 1.74. The lowest BCUT2D eigenvalue weighted by molar-refractivity contribution is -0.155. The van der Waals surface area contributed by atoms with E-state index in [1.54, 1.807) is 25.4 Å². The number of aliphatic carboxylic acids is 1. The lowest BCUT2D eigenvalue weighted by atomic mass is 9.61. The molecule has 4 nitrogen and oxygen atoms in total. The second kappa shape index (κ2) is 3.04. The SMILES string of the molecule is CC1(C(=O)O)CCC1c1ncccn1. The second-order valence-electron chi connectivity index (χ2n) is 3.92. The van der Waals surface area contributed by atoms with Crippen LogP contribution in [0.1, 0.15) is 31.5 Å². The van der Waals surface area contributed by atoms with Gasteiger partial charge in [-0.1, -0.05) is 0 Å². The molecule has 14 heavy (non-hydrogen) atoms. The molecule has 1 aliphatic carbocycles. The highest BCUT2D eigenvalue weighted by molar-refractivity contribution is 5.76. The standard InChI is InChI=1S/C10H12N2O2/c1-10(9(13)14)4-3-7(10)8-11-5-2-6-12-8/h2,5-7H,3-4H2,1H3,(H,13,14). The minimum atomic E-state index is -0.749. The van der Waals surface area contributed by atoms with E-state index in [1.165, 1.54) is 0 Å². The maximum atomic E-state index is 11.0. The summed E-state index contributed by atoms with van der Waals surface area (Å²) in [7, 11) is 0. The van der Waals surface area contributed by atoms with Gasteiger partial charge < -0.3 is 5.11 Å². The number of carboxylic acid groups (broad SMARTS) is 1. The molecule has 0 aromatic carbocycles. The van der Waals surface area contributed by atoms with Crippen LogP contribution in [-0.2, 0) is 4.79 Å². The van der Waals surface area contributed by atoms with Crippen molar-refractivity contribution in [2.45, 2.75) is 25.7 Å². The summed E-state index contributed by atoms with van der Waals surface area (Å²) in [5.74, 6) is -0.119. The van der Waals surface area contributed by atoms with Gasteiger partial charge in [-0.3, -0.25) is 4.79 Å². The lowest BCUT2D eigenvalue weighted by Crippen LogP contribution is -2.43. The largest absolute Gasteiger partial charge is 0.481 e. The van der Waals surface area contributed by atoms with Crippen LogP contribution >= 0.6 is 0 Å². The van der Waals surface area contributed by atoms with Crippen LogP contribution in [0.4, 0.5) is 0 Å². The maximum absolute atomic E-state index is 11.0. The molecule has 0 radical (unpaired) electrons. The molecule has 1 fully saturated rings. The predicted molar refractivity (Wildman–Crippen MR) is 49.7 cm³/mol. The third-order valence-electron chi connectivity index (χ3n) is 3.11. The normalized spacial score (nSPS) is 30.8. The number of nitrogens with zero attached hydrogens (tertiary/aromatic N) is 2. The van der Waals surface area contributed by atoms with Gasteiger partial charge in [0, 0.05) is 18.3 Å². The van der Waals surface area contributed by atoms with E-state index in [-0.39, 0.29) is 5.92 Å². The van der Waals surface area contributed by atoms with E-state index in [0.29, 0.717) is 12.2 Å². The quantitative estimate of drug-likeness (QED) is 0.770. The smallest absolute Gasteiger partial charge is 0.310 e. The molecular weight excluding hydrogens is 180 g/mol. The molecule has 2 unspecified atom stereocenters.